The number of aliphatic hydroxyl groups excluding tert-OH is 4. The van der Waals surface area contributed by atoms with E-state index in [1.165, 1.54) is 17.0 Å². The number of nitrogens with two attached hydrogens (primary N) is 1. The number of hydrogen-bond acceptors (Lipinski definition) is 15. The summed E-state index contributed by atoms with van der Waals surface area (Å²) in [5, 5.41) is 43.3. The van der Waals surface area contributed by atoms with Gasteiger partial charge < -0.3 is 45.7 Å². The van der Waals surface area contributed by atoms with Gasteiger partial charge in [-0.05, 0) is 28.8 Å². The first kappa shape index (κ1) is 44.5. The number of aromatic amines is 2. The van der Waals surface area contributed by atoms with Gasteiger partial charge in [-0.1, -0.05) is 84.9 Å². The maximum atomic E-state index is 15.4. The summed E-state index contributed by atoms with van der Waals surface area (Å²) in [4.78, 5) is 46.7. The minimum atomic E-state index is -1.97. The molecule has 0 saturated carbocycles. The molecule has 19 nitrogen and oxygen atoms in total. The van der Waals surface area contributed by atoms with Crippen molar-refractivity contribution in [3.05, 3.63) is 160 Å². The second kappa shape index (κ2) is 17.4. The van der Waals surface area contributed by atoms with Crippen LogP contribution >= 0.6 is 0 Å². The highest BCUT2D eigenvalue weighted by molar-refractivity contribution is 5.72. The summed E-state index contributed by atoms with van der Waals surface area (Å²) in [6, 6.07) is 26.9. The molecule has 8 atom stereocenters. The van der Waals surface area contributed by atoms with Crippen LogP contribution in [0.25, 0.3) is 22.3 Å². The lowest BCUT2D eigenvalue weighted by atomic mass is 9.77. The van der Waals surface area contributed by atoms with Gasteiger partial charge in [-0.3, -0.25) is 28.7 Å². The lowest BCUT2D eigenvalue weighted by Gasteiger charge is -2.37. The Labute approximate surface area is 367 Å². The lowest BCUT2D eigenvalue weighted by molar-refractivity contribution is -0.0960. The van der Waals surface area contributed by atoms with Crippen molar-refractivity contribution >= 4 is 34.2 Å². The van der Waals surface area contributed by atoms with Crippen molar-refractivity contribution in [1.29, 1.82) is 0 Å². The number of anilines is 2. The third-order valence-electron chi connectivity index (χ3n) is 11.7. The van der Waals surface area contributed by atoms with Gasteiger partial charge in [-0.15, -0.1) is 13.2 Å². The fourth-order valence-corrected chi connectivity index (χ4v) is 8.13. The number of aliphatic hydroxyl groups is 4. The van der Waals surface area contributed by atoms with E-state index in [0.717, 1.165) is 33.7 Å². The van der Waals surface area contributed by atoms with Crippen LogP contribution in [-0.2, 0) is 15.0 Å². The zero-order chi connectivity index (χ0) is 46.3. The van der Waals surface area contributed by atoms with Crippen molar-refractivity contribution in [1.82, 2.24) is 39.0 Å². The largest absolute Gasteiger partial charge is 0.497 e. The first-order valence-electron chi connectivity index (χ1n) is 20.0. The van der Waals surface area contributed by atoms with Gasteiger partial charge in [-0.2, -0.15) is 9.97 Å². The van der Waals surface area contributed by atoms with Crippen LogP contribution < -0.4 is 26.9 Å². The van der Waals surface area contributed by atoms with Gasteiger partial charge in [0, 0.05) is 0 Å². The number of nitrogen functional groups attached to an aromatic ring is 1. The number of ether oxygens (including phenoxy) is 3. The van der Waals surface area contributed by atoms with E-state index in [0.29, 0.717) is 5.75 Å². The molecule has 0 bridgehead atoms. The molecule has 3 aromatic carbocycles. The van der Waals surface area contributed by atoms with Gasteiger partial charge >= 0.3 is 0 Å². The van der Waals surface area contributed by atoms with E-state index in [2.05, 4.69) is 48.4 Å². The van der Waals surface area contributed by atoms with Crippen LogP contribution in [0.4, 0.5) is 20.7 Å². The average molecular weight is 895 g/mol. The number of H-pyrrole nitrogens is 2. The van der Waals surface area contributed by atoms with Crippen LogP contribution in [0.5, 0.6) is 5.75 Å². The number of aromatic nitrogens is 8. The molecular weight excluding hydrogens is 851 g/mol. The van der Waals surface area contributed by atoms with Gasteiger partial charge in [0.15, 0.2) is 47.1 Å². The monoisotopic (exact) mass is 894 g/mol. The zero-order valence-electron chi connectivity index (χ0n) is 34.5. The summed E-state index contributed by atoms with van der Waals surface area (Å²) < 4.78 is 48.8. The van der Waals surface area contributed by atoms with Crippen LogP contribution in [0.1, 0.15) is 29.1 Å². The summed E-state index contributed by atoms with van der Waals surface area (Å²) in [7, 11) is 1.59. The number of alkyl halides is 2. The molecule has 9 N–H and O–H groups in total. The Kier molecular flexibility index (Phi) is 11.9. The first-order chi connectivity index (χ1) is 31.3. The van der Waals surface area contributed by atoms with Crippen molar-refractivity contribution < 1.29 is 43.4 Å². The predicted molar refractivity (Wildman–Crippen MR) is 232 cm³/mol. The fourth-order valence-electron chi connectivity index (χ4n) is 8.13. The smallest absolute Gasteiger partial charge is 0.280 e. The van der Waals surface area contributed by atoms with Gasteiger partial charge in [-0.25, -0.2) is 18.7 Å². The Balaban J connectivity index is 0.000000219. The topological polar surface area (TPSA) is 274 Å². The van der Waals surface area contributed by atoms with Crippen molar-refractivity contribution in [2.75, 3.05) is 31.4 Å². The summed E-state index contributed by atoms with van der Waals surface area (Å²) in [6.07, 6.45) is -5.25. The predicted octanol–water partition coefficient (Wildman–Crippen LogP) is 2.52. The van der Waals surface area contributed by atoms with Gasteiger partial charge in [0.1, 0.15) is 34.7 Å². The molecule has 0 radical (unpaired) electrons. The number of nitrogens with zero attached hydrogens (tertiary/aromatic N) is 6. The maximum absolute atomic E-state index is 15.4. The number of nitrogens with one attached hydrogen (secondary N) is 3. The maximum Gasteiger partial charge on any atom is 0.280 e. The SMILES string of the molecule is C=C[C@]1(CO)O[C@@H](n2cnc3c(=O)[nH]c(N)nc32)[C@H](F)[C@@H]1O.C=C[C@]1(CO)O[C@@H](n2cnc3c(=O)[nH]c(NC(c4ccccc4)(c4ccccc4)c4ccc(OC)cc4)nc32)[C@H](F)[C@@H]1O. The molecule has 2 aliphatic rings. The van der Waals surface area contributed by atoms with E-state index in [-0.39, 0.29) is 34.2 Å². The molecule has 2 fully saturated rings. The standard InChI is InChI=1S/C32H30FN5O5.C12H14FN5O4/c1-3-31(18-39)26(40)24(33)29(43-31)38-19-34-25-27(38)35-30(36-28(25)41)37-32(20-10-6-4-7-11-20,21-12-8-5-9-13-21)22-14-16-23(42-2)17-15-22;1-2-12(3-19)7(20)5(13)10(22-12)18-4-15-6-8(18)16-11(14)17-9(6)21/h3-17,19,24,26,29,39-40H,1,18H2,2H3,(H2,35,36,37,41);2,4-5,7,10,19-20H,1,3H2,(H3,14,16,17,21)/t24-,26+,29-,31-;5-,7+,10-,12-/m11/s1. The molecule has 338 valence electrons. The van der Waals surface area contributed by atoms with Crippen molar-refractivity contribution in [2.45, 2.75) is 53.7 Å². The molecule has 7 aromatic rings. The Morgan fingerprint density at radius 1 is 0.769 bits per heavy atom. The van der Waals surface area contributed by atoms with Gasteiger partial charge in [0.25, 0.3) is 11.1 Å². The normalized spacial score (nSPS) is 25.3. The summed E-state index contributed by atoms with van der Waals surface area (Å²) in [5.74, 6) is 0.591. The molecule has 0 spiro atoms. The van der Waals surface area contributed by atoms with Crippen molar-refractivity contribution in [3.8, 4) is 5.75 Å². The summed E-state index contributed by atoms with van der Waals surface area (Å²) >= 11 is 0. The van der Waals surface area contributed by atoms with E-state index >= 15 is 4.39 Å². The van der Waals surface area contributed by atoms with Crippen LogP contribution in [-0.4, -0.2) is 116 Å². The highest BCUT2D eigenvalue weighted by Crippen LogP contribution is 2.43. The number of fused-ring (bicyclic) bond motifs is 2. The molecule has 2 aliphatic heterocycles. The minimum absolute atomic E-state index is 0.0129. The third kappa shape index (κ3) is 7.42. The highest BCUT2D eigenvalue weighted by Gasteiger charge is 2.55. The molecule has 6 heterocycles. The minimum Gasteiger partial charge on any atom is -0.497 e. The lowest BCUT2D eigenvalue weighted by Crippen LogP contribution is -2.43. The number of rotatable bonds is 12. The van der Waals surface area contributed by atoms with Gasteiger partial charge in [0.05, 0.1) is 33.0 Å². The van der Waals surface area contributed by atoms with Crippen LogP contribution in [0.2, 0.25) is 0 Å². The molecule has 9 rings (SSSR count). The second-order valence-corrected chi connectivity index (χ2v) is 15.3. The molecule has 2 saturated heterocycles. The molecule has 65 heavy (non-hydrogen) atoms. The first-order valence-corrected chi connectivity index (χ1v) is 20.0. The second-order valence-electron chi connectivity index (χ2n) is 15.3. The molecule has 0 unspecified atom stereocenters. The van der Waals surface area contributed by atoms with Crippen LogP contribution in [0, 0.1) is 0 Å². The zero-order valence-corrected chi connectivity index (χ0v) is 34.5. The quantitative estimate of drug-likeness (QED) is 0.0647. The molecular formula is C44H44F2N10O9. The Hall–Kier alpha value is -7.14. The van der Waals surface area contributed by atoms with Crippen LogP contribution in [0.3, 0.4) is 0 Å². The fraction of sp³-hybridized carbons (Fsp3) is 0.273. The molecule has 0 aliphatic carbocycles. The van der Waals surface area contributed by atoms with E-state index in [1.807, 2.05) is 84.9 Å². The number of halogens is 2. The van der Waals surface area contributed by atoms with E-state index in [1.54, 1.807) is 7.11 Å². The molecule has 21 heteroatoms. The number of methoxy groups -OCH3 is 1. The van der Waals surface area contributed by atoms with Gasteiger partial charge in [0.2, 0.25) is 11.9 Å². The van der Waals surface area contributed by atoms with Crippen molar-refractivity contribution in [3.63, 3.8) is 0 Å². The van der Waals surface area contributed by atoms with Crippen molar-refractivity contribution in [2.24, 2.45) is 0 Å². The van der Waals surface area contributed by atoms with E-state index < -0.39 is 78.1 Å². The number of hydrogen-bond donors (Lipinski definition) is 8. The van der Waals surface area contributed by atoms with E-state index in [4.69, 9.17) is 19.9 Å². The number of benzene rings is 3. The third-order valence-corrected chi connectivity index (χ3v) is 11.7. The Bertz CT molecular complexity index is 2910. The molecule has 4 aromatic heterocycles. The Morgan fingerprint density at radius 2 is 1.22 bits per heavy atom. The van der Waals surface area contributed by atoms with E-state index in [9.17, 15) is 34.4 Å². The summed E-state index contributed by atoms with van der Waals surface area (Å²) in [5.41, 5.74) is 2.37. The number of imidazole rings is 2. The molecule has 0 amide bonds. The van der Waals surface area contributed by atoms with Crippen LogP contribution in [0.15, 0.2) is 132 Å². The summed E-state index contributed by atoms with van der Waals surface area (Å²) in [6.45, 7) is 5.69. The average Bonchev–Trinajstić information content (AvgIpc) is 4.08. The highest BCUT2D eigenvalue weighted by atomic mass is 19.1. The Morgan fingerprint density at radius 3 is 1.65 bits per heavy atom.